The molecular weight excluding hydrogens is 222 g/mol. The third-order valence-electron chi connectivity index (χ3n) is 4.09. The summed E-state index contributed by atoms with van der Waals surface area (Å²) < 4.78 is 6.08. The Bertz CT molecular complexity index is 582. The molecular formula is C16H21NO. The van der Waals surface area contributed by atoms with Gasteiger partial charge in [0.15, 0.2) is 0 Å². The van der Waals surface area contributed by atoms with Crippen LogP contribution in [-0.4, -0.2) is 6.54 Å². The lowest BCUT2D eigenvalue weighted by Crippen LogP contribution is -2.17. The van der Waals surface area contributed by atoms with Crippen LogP contribution in [0, 0.1) is 6.92 Å². The second-order valence-corrected chi connectivity index (χ2v) is 5.34. The Labute approximate surface area is 108 Å². The summed E-state index contributed by atoms with van der Waals surface area (Å²) in [6.07, 6.45) is 3.73. The van der Waals surface area contributed by atoms with E-state index in [1.807, 2.05) is 0 Å². The number of benzene rings is 1. The van der Waals surface area contributed by atoms with Gasteiger partial charge in [0.1, 0.15) is 11.3 Å². The van der Waals surface area contributed by atoms with Crippen molar-refractivity contribution in [2.45, 2.75) is 46.1 Å². The first-order valence-electron chi connectivity index (χ1n) is 6.99. The summed E-state index contributed by atoms with van der Waals surface area (Å²) in [6, 6.07) is 4.89. The van der Waals surface area contributed by atoms with E-state index in [0.717, 1.165) is 17.9 Å². The number of hydrogen-bond donors (Lipinski definition) is 1. The largest absolute Gasteiger partial charge is 0.459 e. The molecule has 3 rings (SSSR count). The lowest BCUT2D eigenvalue weighted by molar-refractivity contribution is 0.456. The predicted molar refractivity (Wildman–Crippen MR) is 75.1 cm³/mol. The van der Waals surface area contributed by atoms with Crippen molar-refractivity contribution in [2.75, 3.05) is 6.54 Å². The van der Waals surface area contributed by atoms with Crippen molar-refractivity contribution < 1.29 is 4.42 Å². The zero-order valence-corrected chi connectivity index (χ0v) is 11.5. The monoisotopic (exact) mass is 243 g/mol. The molecule has 0 bridgehead atoms. The SMILES string of the molecule is CCNC(C)c1oc2cc3c(cc2c1C)CCC3. The summed E-state index contributed by atoms with van der Waals surface area (Å²) in [5, 5.41) is 4.73. The molecule has 18 heavy (non-hydrogen) atoms. The van der Waals surface area contributed by atoms with Crippen LogP contribution in [0.1, 0.15) is 48.8 Å². The van der Waals surface area contributed by atoms with Gasteiger partial charge in [0.25, 0.3) is 0 Å². The second kappa shape index (κ2) is 4.43. The van der Waals surface area contributed by atoms with Crippen LogP contribution in [-0.2, 0) is 12.8 Å². The van der Waals surface area contributed by atoms with Crippen LogP contribution in [0.15, 0.2) is 16.5 Å². The van der Waals surface area contributed by atoms with Gasteiger partial charge in [-0.2, -0.15) is 0 Å². The van der Waals surface area contributed by atoms with Crippen LogP contribution in [0.3, 0.4) is 0 Å². The fraction of sp³-hybridized carbons (Fsp3) is 0.500. The van der Waals surface area contributed by atoms with Gasteiger partial charge in [0.05, 0.1) is 6.04 Å². The van der Waals surface area contributed by atoms with Crippen LogP contribution < -0.4 is 5.32 Å². The van der Waals surface area contributed by atoms with E-state index in [0.29, 0.717) is 0 Å². The van der Waals surface area contributed by atoms with Crippen LogP contribution in [0.2, 0.25) is 0 Å². The Hall–Kier alpha value is -1.28. The zero-order valence-electron chi connectivity index (χ0n) is 11.5. The summed E-state index contributed by atoms with van der Waals surface area (Å²) >= 11 is 0. The quantitative estimate of drug-likeness (QED) is 0.884. The number of hydrogen-bond acceptors (Lipinski definition) is 2. The average Bonchev–Trinajstić information content (AvgIpc) is 2.92. The second-order valence-electron chi connectivity index (χ2n) is 5.34. The van der Waals surface area contributed by atoms with Gasteiger partial charge in [-0.25, -0.2) is 0 Å². The maximum Gasteiger partial charge on any atom is 0.134 e. The van der Waals surface area contributed by atoms with Crippen molar-refractivity contribution in [3.63, 3.8) is 0 Å². The van der Waals surface area contributed by atoms with Crippen molar-refractivity contribution >= 4 is 11.0 Å². The van der Waals surface area contributed by atoms with E-state index >= 15 is 0 Å². The number of fused-ring (bicyclic) bond motifs is 2. The molecule has 0 saturated heterocycles. The average molecular weight is 243 g/mol. The van der Waals surface area contributed by atoms with Gasteiger partial charge in [-0.3, -0.25) is 0 Å². The van der Waals surface area contributed by atoms with E-state index in [9.17, 15) is 0 Å². The van der Waals surface area contributed by atoms with E-state index in [1.54, 1.807) is 0 Å². The summed E-state index contributed by atoms with van der Waals surface area (Å²) in [6.45, 7) is 7.44. The minimum Gasteiger partial charge on any atom is -0.459 e. The van der Waals surface area contributed by atoms with Gasteiger partial charge in [0, 0.05) is 5.39 Å². The van der Waals surface area contributed by atoms with Gasteiger partial charge in [-0.1, -0.05) is 6.92 Å². The molecule has 0 spiro atoms. The third-order valence-corrected chi connectivity index (χ3v) is 4.09. The van der Waals surface area contributed by atoms with Crippen LogP contribution in [0.5, 0.6) is 0 Å². The lowest BCUT2D eigenvalue weighted by atomic mass is 10.0. The van der Waals surface area contributed by atoms with E-state index in [1.165, 1.54) is 41.3 Å². The highest BCUT2D eigenvalue weighted by molar-refractivity contribution is 5.84. The molecule has 1 N–H and O–H groups in total. The molecule has 1 unspecified atom stereocenters. The number of nitrogens with one attached hydrogen (secondary N) is 1. The molecule has 1 aliphatic carbocycles. The maximum atomic E-state index is 6.08. The predicted octanol–water partition coefficient (Wildman–Crippen LogP) is 3.90. The topological polar surface area (TPSA) is 25.2 Å². The zero-order chi connectivity index (χ0) is 12.7. The molecule has 0 saturated carbocycles. The molecule has 0 radical (unpaired) electrons. The molecule has 1 atom stereocenters. The number of aryl methyl sites for hydroxylation is 3. The standard InChI is InChI=1S/C16H21NO/c1-4-17-11(3)16-10(2)14-8-12-6-5-7-13(12)9-15(14)18-16/h8-9,11,17H,4-7H2,1-3H3. The summed E-state index contributed by atoms with van der Waals surface area (Å²) in [7, 11) is 0. The molecule has 96 valence electrons. The molecule has 1 aromatic heterocycles. The highest BCUT2D eigenvalue weighted by Crippen LogP contribution is 2.34. The number of furan rings is 1. The van der Waals surface area contributed by atoms with E-state index in [2.05, 4.69) is 38.2 Å². The normalized spacial score (nSPS) is 16.2. The van der Waals surface area contributed by atoms with Crippen molar-refractivity contribution in [3.8, 4) is 0 Å². The van der Waals surface area contributed by atoms with Crippen molar-refractivity contribution in [1.82, 2.24) is 5.32 Å². The maximum absolute atomic E-state index is 6.08. The van der Waals surface area contributed by atoms with E-state index in [-0.39, 0.29) is 6.04 Å². The van der Waals surface area contributed by atoms with Gasteiger partial charge < -0.3 is 9.73 Å². The van der Waals surface area contributed by atoms with Crippen molar-refractivity contribution in [2.24, 2.45) is 0 Å². The fourth-order valence-corrected chi connectivity index (χ4v) is 3.12. The summed E-state index contributed by atoms with van der Waals surface area (Å²) in [4.78, 5) is 0. The van der Waals surface area contributed by atoms with Gasteiger partial charge in [0.2, 0.25) is 0 Å². The Morgan fingerprint density at radius 2 is 2.00 bits per heavy atom. The molecule has 1 heterocycles. The molecule has 1 aliphatic rings. The fourth-order valence-electron chi connectivity index (χ4n) is 3.12. The van der Waals surface area contributed by atoms with Crippen molar-refractivity contribution in [3.05, 3.63) is 34.6 Å². The molecule has 2 aromatic rings. The summed E-state index contributed by atoms with van der Waals surface area (Å²) in [5.74, 6) is 1.09. The van der Waals surface area contributed by atoms with Gasteiger partial charge in [-0.15, -0.1) is 0 Å². The first-order valence-corrected chi connectivity index (χ1v) is 6.99. The highest BCUT2D eigenvalue weighted by Gasteiger charge is 2.19. The van der Waals surface area contributed by atoms with Gasteiger partial charge in [-0.05, 0) is 68.5 Å². The molecule has 0 fully saturated rings. The molecule has 2 nitrogen and oxygen atoms in total. The Morgan fingerprint density at radius 1 is 1.28 bits per heavy atom. The molecule has 1 aromatic carbocycles. The van der Waals surface area contributed by atoms with Crippen LogP contribution in [0.4, 0.5) is 0 Å². The lowest BCUT2D eigenvalue weighted by Gasteiger charge is -2.09. The van der Waals surface area contributed by atoms with Crippen molar-refractivity contribution in [1.29, 1.82) is 0 Å². The number of rotatable bonds is 3. The van der Waals surface area contributed by atoms with Gasteiger partial charge >= 0.3 is 0 Å². The Kier molecular flexibility index (Phi) is 2.90. The minimum atomic E-state index is 0.289. The van der Waals surface area contributed by atoms with E-state index < -0.39 is 0 Å². The first kappa shape index (κ1) is 11.8. The molecule has 0 aliphatic heterocycles. The minimum absolute atomic E-state index is 0.289. The van der Waals surface area contributed by atoms with E-state index in [4.69, 9.17) is 4.42 Å². The molecule has 0 amide bonds. The molecule has 2 heteroatoms. The third kappa shape index (κ3) is 1.76. The van der Waals surface area contributed by atoms with Crippen LogP contribution >= 0.6 is 0 Å². The first-order chi connectivity index (χ1) is 8.70. The smallest absolute Gasteiger partial charge is 0.134 e. The van der Waals surface area contributed by atoms with Crippen LogP contribution in [0.25, 0.3) is 11.0 Å². The Morgan fingerprint density at radius 3 is 2.72 bits per heavy atom. The Balaban J connectivity index is 2.11. The highest BCUT2D eigenvalue weighted by atomic mass is 16.3. The summed E-state index contributed by atoms with van der Waals surface area (Å²) in [5.41, 5.74) is 5.37.